The molecule has 28 heavy (non-hydrogen) atoms. The lowest BCUT2D eigenvalue weighted by Gasteiger charge is -2.39. The van der Waals surface area contributed by atoms with Gasteiger partial charge in [0.1, 0.15) is 6.04 Å². The van der Waals surface area contributed by atoms with Gasteiger partial charge in [-0.25, -0.2) is 0 Å². The molecule has 0 saturated carbocycles. The number of benzene rings is 2. The van der Waals surface area contributed by atoms with E-state index in [0.29, 0.717) is 24.5 Å². The molecule has 0 aromatic heterocycles. The highest BCUT2D eigenvalue weighted by Crippen LogP contribution is 2.38. The van der Waals surface area contributed by atoms with Crippen LogP contribution in [0.4, 0.5) is 0 Å². The number of piperidine rings is 1. The highest BCUT2D eigenvalue weighted by molar-refractivity contribution is 9.10. The van der Waals surface area contributed by atoms with Crippen molar-refractivity contribution in [2.24, 2.45) is 0 Å². The number of halogens is 1. The molecular formula is C22H26BrNO4. The van der Waals surface area contributed by atoms with Gasteiger partial charge in [-0.2, -0.15) is 0 Å². The van der Waals surface area contributed by atoms with Gasteiger partial charge in [0.2, 0.25) is 0 Å². The molecule has 0 spiro atoms. The molecule has 2 aromatic carbocycles. The summed E-state index contributed by atoms with van der Waals surface area (Å²) in [4.78, 5) is 14.1. The third kappa shape index (κ3) is 4.50. The Balaban J connectivity index is 2.11. The van der Waals surface area contributed by atoms with Crippen LogP contribution in [0.15, 0.2) is 46.9 Å². The van der Waals surface area contributed by atoms with Gasteiger partial charge >= 0.3 is 5.97 Å². The quantitative estimate of drug-likeness (QED) is 0.654. The molecule has 1 fully saturated rings. The summed E-state index contributed by atoms with van der Waals surface area (Å²) < 4.78 is 12.2. The molecule has 3 rings (SSSR count). The first-order valence-electron chi connectivity index (χ1n) is 9.60. The van der Waals surface area contributed by atoms with Gasteiger partial charge in [-0.15, -0.1) is 0 Å². The number of methoxy groups -OCH3 is 1. The lowest BCUT2D eigenvalue weighted by atomic mass is 9.91. The second-order valence-corrected chi connectivity index (χ2v) is 7.80. The summed E-state index contributed by atoms with van der Waals surface area (Å²) in [5.41, 5.74) is 2.05. The SMILES string of the molecule is CCOc1cc(C(c2cccc(Br)c2)N2CCCCC2C(=O)O)ccc1OC. The summed E-state index contributed by atoms with van der Waals surface area (Å²) >= 11 is 3.55. The topological polar surface area (TPSA) is 59.0 Å². The van der Waals surface area contributed by atoms with Crippen LogP contribution < -0.4 is 9.47 Å². The molecule has 2 aromatic rings. The van der Waals surface area contributed by atoms with Gasteiger partial charge in [0.05, 0.1) is 19.8 Å². The Hall–Kier alpha value is -2.05. The number of carbonyl (C=O) groups is 1. The van der Waals surface area contributed by atoms with Crippen LogP contribution in [0.25, 0.3) is 0 Å². The second-order valence-electron chi connectivity index (χ2n) is 6.89. The number of carboxylic acid groups (broad SMARTS) is 1. The second kappa shape index (κ2) is 9.43. The Bertz CT molecular complexity index is 826. The van der Waals surface area contributed by atoms with Crippen molar-refractivity contribution in [3.63, 3.8) is 0 Å². The van der Waals surface area contributed by atoms with E-state index >= 15 is 0 Å². The van der Waals surface area contributed by atoms with Crippen molar-refractivity contribution in [1.29, 1.82) is 0 Å². The van der Waals surface area contributed by atoms with Crippen molar-refractivity contribution in [2.45, 2.75) is 38.3 Å². The monoisotopic (exact) mass is 447 g/mol. The third-order valence-corrected chi connectivity index (χ3v) is 5.62. The van der Waals surface area contributed by atoms with Crippen molar-refractivity contribution >= 4 is 21.9 Å². The Morgan fingerprint density at radius 3 is 2.68 bits per heavy atom. The van der Waals surface area contributed by atoms with Gasteiger partial charge in [-0.1, -0.05) is 40.5 Å². The summed E-state index contributed by atoms with van der Waals surface area (Å²) in [6, 6.07) is 13.3. The van der Waals surface area contributed by atoms with Crippen LogP contribution in [-0.4, -0.2) is 42.3 Å². The molecule has 1 saturated heterocycles. The number of aliphatic carboxylic acids is 1. The number of hydrogen-bond donors (Lipinski definition) is 1. The lowest BCUT2D eigenvalue weighted by molar-refractivity contribution is -0.145. The molecule has 150 valence electrons. The van der Waals surface area contributed by atoms with Gasteiger partial charge in [0.25, 0.3) is 0 Å². The zero-order valence-electron chi connectivity index (χ0n) is 16.2. The molecule has 6 heteroatoms. The molecule has 0 aliphatic carbocycles. The van der Waals surface area contributed by atoms with E-state index in [1.165, 1.54) is 0 Å². The van der Waals surface area contributed by atoms with Crippen molar-refractivity contribution in [2.75, 3.05) is 20.3 Å². The van der Waals surface area contributed by atoms with Crippen molar-refractivity contribution in [3.05, 3.63) is 58.1 Å². The first-order chi connectivity index (χ1) is 13.5. The average molecular weight is 448 g/mol. The van der Waals surface area contributed by atoms with Crippen molar-refractivity contribution in [1.82, 2.24) is 4.90 Å². The van der Waals surface area contributed by atoms with Crippen LogP contribution in [-0.2, 0) is 4.79 Å². The largest absolute Gasteiger partial charge is 0.493 e. The number of hydrogen-bond acceptors (Lipinski definition) is 4. The standard InChI is InChI=1S/C22H26BrNO4/c1-3-28-20-14-16(10-11-19(20)27-2)21(15-7-6-8-17(23)13-15)24-12-5-4-9-18(24)22(25)26/h6-8,10-11,13-14,18,21H,3-5,9,12H2,1-2H3,(H,25,26). The Kier molecular flexibility index (Phi) is 6.97. The minimum absolute atomic E-state index is 0.177. The zero-order valence-corrected chi connectivity index (χ0v) is 17.8. The minimum atomic E-state index is -0.766. The summed E-state index contributed by atoms with van der Waals surface area (Å²) in [6.07, 6.45) is 2.59. The van der Waals surface area contributed by atoms with E-state index in [-0.39, 0.29) is 6.04 Å². The van der Waals surface area contributed by atoms with Crippen molar-refractivity contribution in [3.8, 4) is 11.5 Å². The van der Waals surface area contributed by atoms with Gasteiger partial charge in [0, 0.05) is 4.47 Å². The van der Waals surface area contributed by atoms with E-state index in [9.17, 15) is 9.90 Å². The Morgan fingerprint density at radius 1 is 1.21 bits per heavy atom. The summed E-state index contributed by atoms with van der Waals surface area (Å²) in [5, 5.41) is 9.83. The predicted molar refractivity (Wildman–Crippen MR) is 112 cm³/mol. The fourth-order valence-corrected chi connectivity index (χ4v) is 4.33. The maximum absolute atomic E-state index is 12.0. The zero-order chi connectivity index (χ0) is 20.1. The number of ether oxygens (including phenoxy) is 2. The first-order valence-corrected chi connectivity index (χ1v) is 10.4. The highest BCUT2D eigenvalue weighted by Gasteiger charge is 2.35. The number of rotatable bonds is 7. The predicted octanol–water partition coefficient (Wildman–Crippen LogP) is 4.88. The van der Waals surface area contributed by atoms with E-state index in [2.05, 4.69) is 26.9 Å². The van der Waals surface area contributed by atoms with Gasteiger partial charge < -0.3 is 14.6 Å². The fourth-order valence-electron chi connectivity index (χ4n) is 3.91. The smallest absolute Gasteiger partial charge is 0.320 e. The van der Waals surface area contributed by atoms with Crippen LogP contribution in [0.2, 0.25) is 0 Å². The van der Waals surface area contributed by atoms with Crippen LogP contribution in [0.1, 0.15) is 43.4 Å². The molecule has 0 radical (unpaired) electrons. The molecule has 2 atom stereocenters. The number of nitrogens with zero attached hydrogens (tertiary/aromatic N) is 1. The Morgan fingerprint density at radius 2 is 2.00 bits per heavy atom. The van der Waals surface area contributed by atoms with Gasteiger partial charge in [0.15, 0.2) is 11.5 Å². The molecule has 0 amide bonds. The fraction of sp³-hybridized carbons (Fsp3) is 0.409. The molecular weight excluding hydrogens is 422 g/mol. The summed E-state index contributed by atoms with van der Waals surface area (Å²) in [7, 11) is 1.62. The normalized spacial score (nSPS) is 18.5. The number of carboxylic acids is 1. The Labute approximate surface area is 174 Å². The lowest BCUT2D eigenvalue weighted by Crippen LogP contribution is -2.46. The third-order valence-electron chi connectivity index (χ3n) is 5.13. The molecule has 1 heterocycles. The van der Waals surface area contributed by atoms with E-state index in [0.717, 1.165) is 35.0 Å². The maximum Gasteiger partial charge on any atom is 0.320 e. The van der Waals surface area contributed by atoms with Crippen LogP contribution in [0.3, 0.4) is 0 Å². The summed E-state index contributed by atoms with van der Waals surface area (Å²) in [6.45, 7) is 3.20. The van der Waals surface area contributed by atoms with E-state index in [1.54, 1.807) is 7.11 Å². The van der Waals surface area contributed by atoms with Gasteiger partial charge in [-0.3, -0.25) is 9.69 Å². The van der Waals surface area contributed by atoms with Crippen LogP contribution in [0, 0.1) is 0 Å². The first kappa shape index (κ1) is 20.7. The molecule has 1 aliphatic rings. The number of likely N-dealkylation sites (tertiary alicyclic amines) is 1. The average Bonchev–Trinajstić information content (AvgIpc) is 2.69. The molecule has 5 nitrogen and oxygen atoms in total. The van der Waals surface area contributed by atoms with E-state index in [4.69, 9.17) is 9.47 Å². The van der Waals surface area contributed by atoms with Gasteiger partial charge in [-0.05, 0) is 61.7 Å². The minimum Gasteiger partial charge on any atom is -0.493 e. The highest BCUT2D eigenvalue weighted by atomic mass is 79.9. The molecule has 0 bridgehead atoms. The van der Waals surface area contributed by atoms with Crippen molar-refractivity contribution < 1.29 is 19.4 Å². The molecule has 1 aliphatic heterocycles. The van der Waals surface area contributed by atoms with E-state index in [1.807, 2.05) is 43.3 Å². The van der Waals surface area contributed by atoms with Crippen LogP contribution >= 0.6 is 15.9 Å². The molecule has 2 unspecified atom stereocenters. The summed E-state index contributed by atoms with van der Waals surface area (Å²) in [5.74, 6) is 0.580. The van der Waals surface area contributed by atoms with Crippen LogP contribution in [0.5, 0.6) is 11.5 Å². The van der Waals surface area contributed by atoms with E-state index < -0.39 is 12.0 Å². The maximum atomic E-state index is 12.0. The molecule has 1 N–H and O–H groups in total.